The number of benzene rings is 2. The Morgan fingerprint density at radius 1 is 1.07 bits per heavy atom. The molecule has 0 spiro atoms. The van der Waals surface area contributed by atoms with Crippen molar-refractivity contribution in [2.75, 3.05) is 12.4 Å². The van der Waals surface area contributed by atoms with Gasteiger partial charge in [-0.3, -0.25) is 9.59 Å². The van der Waals surface area contributed by atoms with Gasteiger partial charge in [-0.25, -0.2) is 0 Å². The number of methoxy groups -OCH3 is 1. The van der Waals surface area contributed by atoms with Crippen molar-refractivity contribution in [3.8, 4) is 5.75 Å². The van der Waals surface area contributed by atoms with Crippen LogP contribution in [0.15, 0.2) is 71.7 Å². The molecule has 6 heteroatoms. The standard InChI is InChI=1S/C21H20N2O4/c1-15-5-3-6-17(13-15)22-20(24)19-7-4-12-23(21(19)25)27-14-16-8-10-18(26-2)11-9-16/h3-13H,14H2,1-2H3,(H,22,24). The summed E-state index contributed by atoms with van der Waals surface area (Å²) in [6.07, 6.45) is 1.48. The van der Waals surface area contributed by atoms with Crippen LogP contribution in [0.2, 0.25) is 0 Å². The maximum Gasteiger partial charge on any atom is 0.295 e. The van der Waals surface area contributed by atoms with Crippen LogP contribution in [-0.2, 0) is 6.61 Å². The monoisotopic (exact) mass is 364 g/mol. The van der Waals surface area contributed by atoms with Gasteiger partial charge < -0.3 is 14.9 Å². The van der Waals surface area contributed by atoms with Crippen LogP contribution in [0.25, 0.3) is 0 Å². The van der Waals surface area contributed by atoms with E-state index in [1.807, 2.05) is 49.4 Å². The van der Waals surface area contributed by atoms with Crippen molar-refractivity contribution in [2.45, 2.75) is 13.5 Å². The van der Waals surface area contributed by atoms with Crippen molar-refractivity contribution in [1.82, 2.24) is 4.73 Å². The number of aryl methyl sites for hydroxylation is 1. The first-order valence-corrected chi connectivity index (χ1v) is 8.43. The van der Waals surface area contributed by atoms with E-state index in [1.165, 1.54) is 12.3 Å². The number of hydrogen-bond donors (Lipinski definition) is 1. The summed E-state index contributed by atoms with van der Waals surface area (Å²) in [6, 6.07) is 17.8. The maximum atomic E-state index is 12.5. The number of carbonyl (C=O) groups is 1. The summed E-state index contributed by atoms with van der Waals surface area (Å²) in [4.78, 5) is 30.5. The smallest absolute Gasteiger partial charge is 0.295 e. The van der Waals surface area contributed by atoms with Crippen molar-refractivity contribution >= 4 is 11.6 Å². The summed E-state index contributed by atoms with van der Waals surface area (Å²) >= 11 is 0. The Labute approximate surface area is 156 Å². The van der Waals surface area contributed by atoms with E-state index in [4.69, 9.17) is 9.57 Å². The lowest BCUT2D eigenvalue weighted by molar-refractivity contribution is 0.0863. The van der Waals surface area contributed by atoms with E-state index >= 15 is 0 Å². The molecule has 0 aliphatic heterocycles. The number of amides is 1. The summed E-state index contributed by atoms with van der Waals surface area (Å²) in [5.74, 6) is 0.263. The Morgan fingerprint density at radius 3 is 2.56 bits per heavy atom. The average molecular weight is 364 g/mol. The molecule has 6 nitrogen and oxygen atoms in total. The number of nitrogens with zero attached hydrogens (tertiary/aromatic N) is 1. The highest BCUT2D eigenvalue weighted by atomic mass is 16.7. The molecular formula is C21H20N2O4. The van der Waals surface area contributed by atoms with Crippen molar-refractivity contribution < 1.29 is 14.4 Å². The zero-order chi connectivity index (χ0) is 19.2. The number of nitrogens with one attached hydrogen (secondary N) is 1. The third-order valence-corrected chi connectivity index (χ3v) is 3.96. The van der Waals surface area contributed by atoms with Gasteiger partial charge in [0, 0.05) is 11.9 Å². The molecule has 1 heterocycles. The zero-order valence-corrected chi connectivity index (χ0v) is 15.1. The van der Waals surface area contributed by atoms with Gasteiger partial charge in [0.25, 0.3) is 11.5 Å². The molecule has 0 atom stereocenters. The van der Waals surface area contributed by atoms with Gasteiger partial charge in [0.1, 0.15) is 17.9 Å². The Morgan fingerprint density at radius 2 is 1.85 bits per heavy atom. The first-order valence-electron chi connectivity index (χ1n) is 8.43. The number of pyridine rings is 1. The number of ether oxygens (including phenoxy) is 1. The molecule has 3 rings (SSSR count). The van der Waals surface area contributed by atoms with Crippen LogP contribution in [0, 0.1) is 6.92 Å². The molecule has 3 aromatic rings. The number of rotatable bonds is 6. The van der Waals surface area contributed by atoms with Crippen LogP contribution in [0.3, 0.4) is 0 Å². The molecule has 0 saturated carbocycles. The Hall–Kier alpha value is -3.54. The maximum absolute atomic E-state index is 12.5. The second-order valence-corrected chi connectivity index (χ2v) is 6.00. The van der Waals surface area contributed by atoms with Crippen LogP contribution >= 0.6 is 0 Å². The summed E-state index contributed by atoms with van der Waals surface area (Å²) < 4.78 is 6.17. The van der Waals surface area contributed by atoms with Gasteiger partial charge in [0.05, 0.1) is 7.11 Å². The van der Waals surface area contributed by atoms with Crippen molar-refractivity contribution in [1.29, 1.82) is 0 Å². The zero-order valence-electron chi connectivity index (χ0n) is 15.1. The third kappa shape index (κ3) is 4.55. The van der Waals surface area contributed by atoms with Gasteiger partial charge in [-0.2, -0.15) is 4.73 Å². The number of aromatic nitrogens is 1. The number of hydrogen-bond acceptors (Lipinski definition) is 4. The fourth-order valence-corrected chi connectivity index (χ4v) is 2.54. The molecule has 1 aromatic heterocycles. The van der Waals surface area contributed by atoms with E-state index in [-0.39, 0.29) is 12.2 Å². The van der Waals surface area contributed by atoms with E-state index < -0.39 is 11.5 Å². The molecule has 0 saturated heterocycles. The highest BCUT2D eigenvalue weighted by Gasteiger charge is 2.13. The predicted molar refractivity (Wildman–Crippen MR) is 103 cm³/mol. The third-order valence-electron chi connectivity index (χ3n) is 3.96. The van der Waals surface area contributed by atoms with Crippen LogP contribution in [0.4, 0.5) is 5.69 Å². The van der Waals surface area contributed by atoms with Crippen LogP contribution in [0.5, 0.6) is 5.75 Å². The molecule has 138 valence electrons. The minimum atomic E-state index is -0.517. The van der Waals surface area contributed by atoms with E-state index in [0.717, 1.165) is 21.6 Å². The molecule has 27 heavy (non-hydrogen) atoms. The van der Waals surface area contributed by atoms with Crippen molar-refractivity contribution in [3.63, 3.8) is 0 Å². The van der Waals surface area contributed by atoms with Crippen molar-refractivity contribution in [3.05, 3.63) is 93.9 Å². The second kappa shape index (κ2) is 8.23. The van der Waals surface area contributed by atoms with Gasteiger partial charge in [0.2, 0.25) is 0 Å². The number of carbonyl (C=O) groups excluding carboxylic acids is 1. The molecule has 2 aromatic carbocycles. The van der Waals surface area contributed by atoms with Gasteiger partial charge in [-0.1, -0.05) is 24.3 Å². The van der Waals surface area contributed by atoms with Crippen molar-refractivity contribution in [2.24, 2.45) is 0 Å². The number of anilines is 1. The molecule has 0 aliphatic carbocycles. The van der Waals surface area contributed by atoms with Gasteiger partial charge in [-0.05, 0) is 54.4 Å². The van der Waals surface area contributed by atoms with E-state index in [2.05, 4.69) is 5.32 Å². The molecule has 0 fully saturated rings. The lowest BCUT2D eigenvalue weighted by Crippen LogP contribution is -2.32. The average Bonchev–Trinajstić information content (AvgIpc) is 2.67. The van der Waals surface area contributed by atoms with Gasteiger partial charge >= 0.3 is 0 Å². The highest BCUT2D eigenvalue weighted by molar-refractivity contribution is 6.03. The Balaban J connectivity index is 1.72. The van der Waals surface area contributed by atoms with E-state index in [9.17, 15) is 9.59 Å². The molecule has 0 radical (unpaired) electrons. The largest absolute Gasteiger partial charge is 0.497 e. The van der Waals surface area contributed by atoms with Crippen LogP contribution in [-0.4, -0.2) is 17.7 Å². The molecule has 1 amide bonds. The topological polar surface area (TPSA) is 69.6 Å². The first-order chi connectivity index (χ1) is 13.1. The minimum absolute atomic E-state index is 0.00809. The van der Waals surface area contributed by atoms with Gasteiger partial charge in [0.15, 0.2) is 0 Å². The molecule has 0 aliphatic rings. The molecule has 0 bridgehead atoms. The molecule has 0 unspecified atom stereocenters. The lowest BCUT2D eigenvalue weighted by atomic mass is 10.2. The normalized spacial score (nSPS) is 10.3. The fourth-order valence-electron chi connectivity index (χ4n) is 2.54. The first kappa shape index (κ1) is 18.3. The predicted octanol–water partition coefficient (Wildman–Crippen LogP) is 3.05. The van der Waals surface area contributed by atoms with Gasteiger partial charge in [-0.15, -0.1) is 0 Å². The second-order valence-electron chi connectivity index (χ2n) is 6.00. The van der Waals surface area contributed by atoms with Crippen LogP contribution < -0.4 is 20.5 Å². The lowest BCUT2D eigenvalue weighted by Gasteiger charge is -2.11. The van der Waals surface area contributed by atoms with E-state index in [1.54, 1.807) is 19.2 Å². The highest BCUT2D eigenvalue weighted by Crippen LogP contribution is 2.12. The summed E-state index contributed by atoms with van der Waals surface area (Å²) in [7, 11) is 1.60. The summed E-state index contributed by atoms with van der Waals surface area (Å²) in [5.41, 5.74) is 2.01. The Bertz CT molecular complexity index is 994. The SMILES string of the molecule is COc1ccc(COn2cccc(C(=O)Nc3cccc(C)c3)c2=O)cc1. The minimum Gasteiger partial charge on any atom is -0.497 e. The quantitative estimate of drug-likeness (QED) is 0.730. The van der Waals surface area contributed by atoms with Crippen LogP contribution in [0.1, 0.15) is 21.5 Å². The summed E-state index contributed by atoms with van der Waals surface area (Å²) in [6.45, 7) is 2.12. The molecule has 1 N–H and O–H groups in total. The fraction of sp³-hybridized carbons (Fsp3) is 0.143. The van der Waals surface area contributed by atoms with E-state index in [0.29, 0.717) is 5.69 Å². The Kier molecular flexibility index (Phi) is 5.56. The summed E-state index contributed by atoms with van der Waals surface area (Å²) in [5, 5.41) is 2.73. The molecular weight excluding hydrogens is 344 g/mol.